The predicted molar refractivity (Wildman–Crippen MR) is 82.4 cm³/mol. The first-order chi connectivity index (χ1) is 9.18. The van der Waals surface area contributed by atoms with Crippen LogP contribution >= 0.6 is 0 Å². The zero-order valence-electron chi connectivity index (χ0n) is 12.5. The summed E-state index contributed by atoms with van der Waals surface area (Å²) in [6.07, 6.45) is 17.4. The third-order valence-corrected chi connectivity index (χ3v) is 3.29. The second kappa shape index (κ2) is 13.4. The Morgan fingerprint density at radius 3 is 2.00 bits per heavy atom. The molecule has 0 amide bonds. The lowest BCUT2D eigenvalue weighted by Crippen LogP contribution is -1.98. The van der Waals surface area contributed by atoms with E-state index in [-0.39, 0.29) is 0 Å². The van der Waals surface area contributed by atoms with Gasteiger partial charge in [-0.25, -0.2) is 4.79 Å². The molecule has 0 saturated heterocycles. The van der Waals surface area contributed by atoms with E-state index in [9.17, 15) is 4.79 Å². The molecule has 110 valence electrons. The number of hydrogen-bond donors (Lipinski definition) is 1. The van der Waals surface area contributed by atoms with Gasteiger partial charge in [0.05, 0.1) is 0 Å². The molecule has 0 bridgehead atoms. The van der Waals surface area contributed by atoms with Crippen LogP contribution in [0.3, 0.4) is 0 Å². The maximum absolute atomic E-state index is 10.5. The average Bonchev–Trinajstić information content (AvgIpc) is 2.39. The topological polar surface area (TPSA) is 37.3 Å². The van der Waals surface area contributed by atoms with E-state index >= 15 is 0 Å². The summed E-state index contributed by atoms with van der Waals surface area (Å²) in [6, 6.07) is 0. The molecule has 0 unspecified atom stereocenters. The van der Waals surface area contributed by atoms with Crippen LogP contribution in [0.1, 0.15) is 77.6 Å². The summed E-state index contributed by atoms with van der Waals surface area (Å²) in [5, 5.41) is 8.65. The van der Waals surface area contributed by atoms with Crippen LogP contribution in [-0.4, -0.2) is 11.1 Å². The Morgan fingerprint density at radius 1 is 0.947 bits per heavy atom. The van der Waals surface area contributed by atoms with Gasteiger partial charge >= 0.3 is 5.97 Å². The Bertz CT molecular complexity index is 266. The molecule has 1 N–H and O–H groups in total. The van der Waals surface area contributed by atoms with Crippen LogP contribution in [0.4, 0.5) is 0 Å². The summed E-state index contributed by atoms with van der Waals surface area (Å²) >= 11 is 0. The molecule has 2 nitrogen and oxygen atoms in total. The Labute approximate surface area is 118 Å². The molecule has 0 rings (SSSR count). The van der Waals surface area contributed by atoms with E-state index in [1.807, 2.05) is 0 Å². The largest absolute Gasteiger partial charge is 0.478 e. The molecule has 0 aromatic heterocycles. The van der Waals surface area contributed by atoms with Crippen molar-refractivity contribution in [2.45, 2.75) is 77.6 Å². The molecule has 0 atom stereocenters. The molecule has 2 heteroatoms. The van der Waals surface area contributed by atoms with E-state index in [0.717, 1.165) is 19.3 Å². The molecular weight excluding hydrogens is 236 g/mol. The summed E-state index contributed by atoms with van der Waals surface area (Å²) in [5.74, 6) is -0.856. The third-order valence-electron chi connectivity index (χ3n) is 3.29. The van der Waals surface area contributed by atoms with Crippen LogP contribution in [0, 0.1) is 0 Å². The minimum atomic E-state index is -0.856. The van der Waals surface area contributed by atoms with Crippen molar-refractivity contribution in [3.05, 3.63) is 24.3 Å². The molecular formula is C17H30O2. The van der Waals surface area contributed by atoms with Crippen molar-refractivity contribution in [3.8, 4) is 0 Å². The van der Waals surface area contributed by atoms with Crippen molar-refractivity contribution in [2.75, 3.05) is 0 Å². The highest BCUT2D eigenvalue weighted by molar-refractivity contribution is 5.85. The second-order valence-electron chi connectivity index (χ2n) is 5.18. The summed E-state index contributed by atoms with van der Waals surface area (Å²) in [4.78, 5) is 10.5. The molecule has 0 aliphatic heterocycles. The van der Waals surface area contributed by atoms with Gasteiger partial charge in [0.15, 0.2) is 0 Å². The third kappa shape index (κ3) is 13.2. The normalized spacial score (nSPS) is 11.0. The summed E-state index contributed by atoms with van der Waals surface area (Å²) in [5.41, 5.74) is 0.340. The Morgan fingerprint density at radius 2 is 1.47 bits per heavy atom. The first kappa shape index (κ1) is 17.9. The van der Waals surface area contributed by atoms with Crippen molar-refractivity contribution in [1.82, 2.24) is 0 Å². The molecule has 0 aliphatic carbocycles. The van der Waals surface area contributed by atoms with Crippen molar-refractivity contribution in [3.63, 3.8) is 0 Å². The van der Waals surface area contributed by atoms with Gasteiger partial charge in [-0.2, -0.15) is 0 Å². The van der Waals surface area contributed by atoms with Crippen LogP contribution in [0.15, 0.2) is 24.3 Å². The number of carbonyl (C=O) groups is 1. The number of carboxylic acid groups (broad SMARTS) is 1. The van der Waals surface area contributed by atoms with Gasteiger partial charge in [0.25, 0.3) is 0 Å². The lowest BCUT2D eigenvalue weighted by atomic mass is 10.1. The number of unbranched alkanes of at least 4 members (excludes halogenated alkanes) is 8. The first-order valence-electron chi connectivity index (χ1n) is 7.74. The van der Waals surface area contributed by atoms with Gasteiger partial charge in [-0.05, 0) is 38.5 Å². The monoisotopic (exact) mass is 266 g/mol. The molecule has 0 aromatic rings. The lowest BCUT2D eigenvalue weighted by molar-refractivity contribution is -0.132. The van der Waals surface area contributed by atoms with E-state index < -0.39 is 5.97 Å². The highest BCUT2D eigenvalue weighted by atomic mass is 16.4. The molecule has 0 heterocycles. The smallest absolute Gasteiger partial charge is 0.330 e. The Kier molecular flexibility index (Phi) is 12.6. The molecule has 0 spiro atoms. The Balaban J connectivity index is 3.20. The van der Waals surface area contributed by atoms with Gasteiger partial charge in [0, 0.05) is 5.57 Å². The maximum Gasteiger partial charge on any atom is 0.330 e. The van der Waals surface area contributed by atoms with E-state index in [0.29, 0.717) is 12.0 Å². The molecule has 0 radical (unpaired) electrons. The van der Waals surface area contributed by atoms with Gasteiger partial charge in [-0.3, -0.25) is 0 Å². The van der Waals surface area contributed by atoms with Crippen molar-refractivity contribution < 1.29 is 9.90 Å². The average molecular weight is 266 g/mol. The van der Waals surface area contributed by atoms with E-state index in [2.05, 4.69) is 25.7 Å². The molecule has 0 fully saturated rings. The molecule has 0 aliphatic rings. The van der Waals surface area contributed by atoms with Gasteiger partial charge in [-0.1, -0.05) is 57.8 Å². The van der Waals surface area contributed by atoms with Gasteiger partial charge in [0.1, 0.15) is 0 Å². The number of allylic oxidation sites excluding steroid dienone is 2. The van der Waals surface area contributed by atoms with E-state index in [1.54, 1.807) is 0 Å². The summed E-state index contributed by atoms with van der Waals surface area (Å²) in [6.45, 7) is 5.77. The van der Waals surface area contributed by atoms with Crippen LogP contribution in [0.5, 0.6) is 0 Å². The lowest BCUT2D eigenvalue weighted by Gasteiger charge is -2.00. The maximum atomic E-state index is 10.5. The SMILES string of the molecule is C=C(CCCCCCC=CCCCCCC)C(=O)O. The number of rotatable bonds is 13. The number of carboxylic acids is 1. The van der Waals surface area contributed by atoms with Gasteiger partial charge in [-0.15, -0.1) is 0 Å². The minimum Gasteiger partial charge on any atom is -0.478 e. The first-order valence-corrected chi connectivity index (χ1v) is 7.74. The summed E-state index contributed by atoms with van der Waals surface area (Å²) in [7, 11) is 0. The van der Waals surface area contributed by atoms with Crippen LogP contribution in [0.2, 0.25) is 0 Å². The fraction of sp³-hybridized carbons (Fsp3) is 0.706. The van der Waals surface area contributed by atoms with E-state index in [1.165, 1.54) is 44.9 Å². The van der Waals surface area contributed by atoms with E-state index in [4.69, 9.17) is 5.11 Å². The zero-order chi connectivity index (χ0) is 14.3. The van der Waals surface area contributed by atoms with Crippen molar-refractivity contribution in [1.29, 1.82) is 0 Å². The van der Waals surface area contributed by atoms with Gasteiger partial charge < -0.3 is 5.11 Å². The zero-order valence-corrected chi connectivity index (χ0v) is 12.5. The molecule has 19 heavy (non-hydrogen) atoms. The fourth-order valence-electron chi connectivity index (χ4n) is 1.99. The minimum absolute atomic E-state index is 0.340. The van der Waals surface area contributed by atoms with Gasteiger partial charge in [0.2, 0.25) is 0 Å². The fourth-order valence-corrected chi connectivity index (χ4v) is 1.99. The second-order valence-corrected chi connectivity index (χ2v) is 5.18. The number of aliphatic carboxylic acids is 1. The van der Waals surface area contributed by atoms with Crippen molar-refractivity contribution >= 4 is 5.97 Å². The van der Waals surface area contributed by atoms with Crippen LogP contribution < -0.4 is 0 Å². The van der Waals surface area contributed by atoms with Crippen LogP contribution in [-0.2, 0) is 4.79 Å². The quantitative estimate of drug-likeness (QED) is 0.272. The molecule has 0 saturated carbocycles. The van der Waals surface area contributed by atoms with Crippen molar-refractivity contribution in [2.24, 2.45) is 0 Å². The highest BCUT2D eigenvalue weighted by Crippen LogP contribution is 2.10. The number of hydrogen-bond acceptors (Lipinski definition) is 1. The Hall–Kier alpha value is -1.05. The molecule has 0 aromatic carbocycles. The summed E-state index contributed by atoms with van der Waals surface area (Å²) < 4.78 is 0. The predicted octanol–water partition coefficient (Wildman–Crippen LogP) is 5.49. The standard InChI is InChI=1S/C17H30O2/c1-3-4-5-6-7-8-9-10-11-12-13-14-15-16(2)17(18)19/h8-9H,2-7,10-15H2,1H3,(H,18,19). The highest BCUT2D eigenvalue weighted by Gasteiger charge is 2.02. The van der Waals surface area contributed by atoms with Crippen LogP contribution in [0.25, 0.3) is 0 Å².